The predicted octanol–water partition coefficient (Wildman–Crippen LogP) is 2.69. The van der Waals surface area contributed by atoms with Gasteiger partial charge in [-0.15, -0.1) is 0 Å². The van der Waals surface area contributed by atoms with Crippen LogP contribution in [-0.2, 0) is 0 Å². The lowest BCUT2D eigenvalue weighted by atomic mass is 10.2. The van der Waals surface area contributed by atoms with Gasteiger partial charge in [-0.1, -0.05) is 0 Å². The summed E-state index contributed by atoms with van der Waals surface area (Å²) in [6, 6.07) is 10.6. The summed E-state index contributed by atoms with van der Waals surface area (Å²) in [6.45, 7) is 1.53. The summed E-state index contributed by atoms with van der Waals surface area (Å²) in [5, 5.41) is 0.765. The molecule has 1 saturated heterocycles. The highest BCUT2D eigenvalue weighted by molar-refractivity contribution is 5.97. The SMILES string of the molecule is O=C(c1cc2ccc(=O)n(-c3ccc(F)cc3)c2[nH]1)N1CCCC1. The average Bonchev–Trinajstić information content (AvgIpc) is 3.25. The third-order valence-corrected chi connectivity index (χ3v) is 4.38. The van der Waals surface area contributed by atoms with Crippen molar-refractivity contribution in [3.8, 4) is 5.69 Å². The van der Waals surface area contributed by atoms with E-state index in [0.29, 0.717) is 17.0 Å². The van der Waals surface area contributed by atoms with Crippen LogP contribution in [0.5, 0.6) is 0 Å². The first kappa shape index (κ1) is 14.7. The number of aromatic amines is 1. The fraction of sp³-hybridized carbons (Fsp3) is 0.222. The van der Waals surface area contributed by atoms with E-state index in [2.05, 4.69) is 4.98 Å². The maximum Gasteiger partial charge on any atom is 0.270 e. The number of pyridine rings is 1. The maximum absolute atomic E-state index is 13.2. The minimum Gasteiger partial charge on any atom is -0.337 e. The van der Waals surface area contributed by atoms with E-state index >= 15 is 0 Å². The Morgan fingerprint density at radius 1 is 1.04 bits per heavy atom. The van der Waals surface area contributed by atoms with Crippen molar-refractivity contribution < 1.29 is 9.18 Å². The Morgan fingerprint density at radius 3 is 2.46 bits per heavy atom. The highest BCUT2D eigenvalue weighted by atomic mass is 19.1. The van der Waals surface area contributed by atoms with E-state index in [9.17, 15) is 14.0 Å². The number of benzene rings is 1. The Morgan fingerprint density at radius 2 is 1.75 bits per heavy atom. The molecule has 0 unspecified atom stereocenters. The van der Waals surface area contributed by atoms with Crippen LogP contribution in [0.4, 0.5) is 4.39 Å². The van der Waals surface area contributed by atoms with Gasteiger partial charge in [0.2, 0.25) is 0 Å². The van der Waals surface area contributed by atoms with Crippen molar-refractivity contribution in [1.29, 1.82) is 0 Å². The molecule has 0 atom stereocenters. The molecule has 3 heterocycles. The Labute approximate surface area is 137 Å². The molecule has 1 aliphatic rings. The smallest absolute Gasteiger partial charge is 0.270 e. The number of carbonyl (C=O) groups excluding carboxylic acids is 1. The minimum atomic E-state index is -0.365. The zero-order valence-corrected chi connectivity index (χ0v) is 13.0. The van der Waals surface area contributed by atoms with Gasteiger partial charge >= 0.3 is 0 Å². The van der Waals surface area contributed by atoms with Gasteiger partial charge in [-0.05, 0) is 49.2 Å². The zero-order valence-electron chi connectivity index (χ0n) is 13.0. The molecule has 1 fully saturated rings. The molecule has 0 bridgehead atoms. The number of amides is 1. The van der Waals surface area contributed by atoms with Crippen molar-refractivity contribution in [1.82, 2.24) is 14.5 Å². The molecule has 1 aliphatic heterocycles. The topological polar surface area (TPSA) is 58.1 Å². The molecule has 3 aromatic rings. The van der Waals surface area contributed by atoms with E-state index in [1.54, 1.807) is 24.3 Å². The Hall–Kier alpha value is -2.89. The van der Waals surface area contributed by atoms with E-state index < -0.39 is 0 Å². The highest BCUT2D eigenvalue weighted by Crippen LogP contribution is 2.20. The normalized spacial score (nSPS) is 14.5. The molecule has 0 radical (unpaired) electrons. The molecule has 122 valence electrons. The summed E-state index contributed by atoms with van der Waals surface area (Å²) in [5.74, 6) is -0.419. The number of nitrogens with zero attached hydrogens (tertiary/aromatic N) is 2. The van der Waals surface area contributed by atoms with Gasteiger partial charge in [0.25, 0.3) is 11.5 Å². The summed E-state index contributed by atoms with van der Waals surface area (Å²) < 4.78 is 14.6. The van der Waals surface area contributed by atoms with Crippen LogP contribution in [0.1, 0.15) is 23.3 Å². The number of carbonyl (C=O) groups is 1. The fourth-order valence-electron chi connectivity index (χ4n) is 3.17. The van der Waals surface area contributed by atoms with Crippen LogP contribution < -0.4 is 5.56 Å². The molecule has 0 aliphatic carbocycles. The van der Waals surface area contributed by atoms with E-state index in [4.69, 9.17) is 0 Å². The molecule has 2 aromatic heterocycles. The minimum absolute atomic E-state index is 0.0539. The Bertz CT molecular complexity index is 966. The second-order valence-corrected chi connectivity index (χ2v) is 5.97. The largest absolute Gasteiger partial charge is 0.337 e. The number of nitrogens with one attached hydrogen (secondary N) is 1. The second kappa shape index (κ2) is 5.63. The number of aromatic nitrogens is 2. The van der Waals surface area contributed by atoms with Gasteiger partial charge in [-0.3, -0.25) is 14.2 Å². The lowest BCUT2D eigenvalue weighted by Crippen LogP contribution is -2.27. The molecule has 1 aromatic carbocycles. The third-order valence-electron chi connectivity index (χ3n) is 4.38. The van der Waals surface area contributed by atoms with Gasteiger partial charge < -0.3 is 9.88 Å². The summed E-state index contributed by atoms with van der Waals surface area (Å²) in [6.07, 6.45) is 2.04. The van der Waals surface area contributed by atoms with E-state index in [0.717, 1.165) is 31.3 Å². The molecular formula is C18H16FN3O2. The number of halogens is 1. The summed E-state index contributed by atoms with van der Waals surface area (Å²) in [7, 11) is 0. The number of likely N-dealkylation sites (tertiary alicyclic amines) is 1. The van der Waals surface area contributed by atoms with Gasteiger partial charge in [0.15, 0.2) is 0 Å². The molecule has 0 spiro atoms. The Balaban J connectivity index is 1.85. The van der Waals surface area contributed by atoms with Gasteiger partial charge in [-0.2, -0.15) is 0 Å². The quantitative estimate of drug-likeness (QED) is 0.787. The van der Waals surface area contributed by atoms with Crippen LogP contribution in [-0.4, -0.2) is 33.4 Å². The van der Waals surface area contributed by atoms with E-state index in [1.807, 2.05) is 4.90 Å². The maximum atomic E-state index is 13.2. The molecule has 1 N–H and O–H groups in total. The number of fused-ring (bicyclic) bond motifs is 1. The lowest BCUT2D eigenvalue weighted by Gasteiger charge is -2.13. The van der Waals surface area contributed by atoms with Crippen molar-refractivity contribution in [2.24, 2.45) is 0 Å². The first-order valence-corrected chi connectivity index (χ1v) is 7.93. The summed E-state index contributed by atoms with van der Waals surface area (Å²) in [4.78, 5) is 29.7. The monoisotopic (exact) mass is 325 g/mol. The standard InChI is InChI=1S/C18H16FN3O2/c19-13-4-6-14(7-5-13)22-16(23)8-3-12-11-15(20-17(12)22)18(24)21-9-1-2-10-21/h3-8,11,20H,1-2,9-10H2. The molecule has 1 amide bonds. The van der Waals surface area contributed by atoms with E-state index in [1.165, 1.54) is 22.8 Å². The van der Waals surface area contributed by atoms with Crippen LogP contribution >= 0.6 is 0 Å². The number of hydrogen-bond donors (Lipinski definition) is 1. The first-order valence-electron chi connectivity index (χ1n) is 7.93. The Kier molecular flexibility index (Phi) is 3.45. The van der Waals surface area contributed by atoms with Gasteiger partial charge in [0.05, 0.1) is 5.69 Å². The first-order chi connectivity index (χ1) is 11.6. The second-order valence-electron chi connectivity index (χ2n) is 5.97. The van der Waals surface area contributed by atoms with Crippen LogP contribution in [0.3, 0.4) is 0 Å². The molecule has 6 heteroatoms. The number of hydrogen-bond acceptors (Lipinski definition) is 2. The molecular weight excluding hydrogens is 309 g/mol. The van der Waals surface area contributed by atoms with Crippen LogP contribution in [0, 0.1) is 5.82 Å². The van der Waals surface area contributed by atoms with Crippen molar-refractivity contribution in [2.45, 2.75) is 12.8 Å². The number of rotatable bonds is 2. The van der Waals surface area contributed by atoms with Gasteiger partial charge in [0, 0.05) is 24.5 Å². The van der Waals surface area contributed by atoms with Crippen LogP contribution in [0.25, 0.3) is 16.7 Å². The van der Waals surface area contributed by atoms with Crippen LogP contribution in [0.15, 0.2) is 47.3 Å². The van der Waals surface area contributed by atoms with Crippen LogP contribution in [0.2, 0.25) is 0 Å². The van der Waals surface area contributed by atoms with Crippen molar-refractivity contribution in [3.63, 3.8) is 0 Å². The van der Waals surface area contributed by atoms with E-state index in [-0.39, 0.29) is 17.3 Å². The highest BCUT2D eigenvalue weighted by Gasteiger charge is 2.21. The molecule has 0 saturated carbocycles. The molecule has 24 heavy (non-hydrogen) atoms. The summed E-state index contributed by atoms with van der Waals surface area (Å²) in [5.41, 5.74) is 1.31. The predicted molar refractivity (Wildman–Crippen MR) is 89.0 cm³/mol. The molecule has 4 rings (SSSR count). The van der Waals surface area contributed by atoms with Crippen molar-refractivity contribution >= 4 is 16.9 Å². The lowest BCUT2D eigenvalue weighted by molar-refractivity contribution is 0.0788. The zero-order chi connectivity index (χ0) is 16.7. The van der Waals surface area contributed by atoms with Gasteiger partial charge in [-0.25, -0.2) is 4.39 Å². The molecule has 5 nitrogen and oxygen atoms in total. The van der Waals surface area contributed by atoms with Gasteiger partial charge in [0.1, 0.15) is 17.2 Å². The third kappa shape index (κ3) is 2.40. The number of H-pyrrole nitrogens is 1. The average molecular weight is 325 g/mol. The fourth-order valence-corrected chi connectivity index (χ4v) is 3.17. The van der Waals surface area contributed by atoms with Crippen molar-refractivity contribution in [2.75, 3.05) is 13.1 Å². The summed E-state index contributed by atoms with van der Waals surface area (Å²) >= 11 is 0. The van der Waals surface area contributed by atoms with Crippen molar-refractivity contribution in [3.05, 3.63) is 64.3 Å².